The lowest BCUT2D eigenvalue weighted by Crippen LogP contribution is -2.51. The number of hydrogen-bond acceptors (Lipinski definition) is 7. The van der Waals surface area contributed by atoms with E-state index in [-0.39, 0.29) is 29.0 Å². The van der Waals surface area contributed by atoms with Crippen LogP contribution < -0.4 is 4.90 Å². The summed E-state index contributed by atoms with van der Waals surface area (Å²) in [4.78, 5) is 68.6. The third-order valence-electron chi connectivity index (χ3n) is 7.37. The number of carbonyl (C=O) groups excluding carboxylic acids is 5. The molecule has 0 bridgehead atoms. The van der Waals surface area contributed by atoms with Gasteiger partial charge in [-0.25, -0.2) is 9.69 Å². The maximum absolute atomic E-state index is 14.0. The highest BCUT2D eigenvalue weighted by Crippen LogP contribution is 2.58. The van der Waals surface area contributed by atoms with Crippen LogP contribution in [0.1, 0.15) is 49.7 Å². The smallest absolute Gasteiger partial charge is 0.338 e. The summed E-state index contributed by atoms with van der Waals surface area (Å²) in [5.41, 5.74) is -0.781. The number of hydrogen-bond donors (Lipinski definition) is 0. The van der Waals surface area contributed by atoms with Crippen LogP contribution in [0.2, 0.25) is 0 Å². The maximum Gasteiger partial charge on any atom is 0.338 e. The number of Topliss-reactive ketones (excluding diaryl/α,β-unsaturated/α-hetero) is 2. The first-order valence-electron chi connectivity index (χ1n) is 12.1. The lowest BCUT2D eigenvalue weighted by atomic mass is 9.77. The Labute approximate surface area is 225 Å². The SMILES string of the molecule is CCOC(=O)c1ccc(N2C(=O)[C@H]3[C@@H](C2=O)C2(O[C@H]3c3ccccc3Br)C(=O)c3ccccc3C2=O)cc1. The highest BCUT2D eigenvalue weighted by molar-refractivity contribution is 9.10. The Hall–Kier alpha value is -3.95. The van der Waals surface area contributed by atoms with Crippen LogP contribution in [0.25, 0.3) is 0 Å². The monoisotopic (exact) mass is 573 g/mol. The van der Waals surface area contributed by atoms with Crippen LogP contribution >= 0.6 is 15.9 Å². The van der Waals surface area contributed by atoms with E-state index in [4.69, 9.17) is 9.47 Å². The predicted octanol–water partition coefficient (Wildman–Crippen LogP) is 4.32. The van der Waals surface area contributed by atoms with Crippen LogP contribution in [0.4, 0.5) is 5.69 Å². The van der Waals surface area contributed by atoms with Crippen LogP contribution in [-0.2, 0) is 19.1 Å². The minimum Gasteiger partial charge on any atom is -0.462 e. The number of halogens is 1. The number of fused-ring (bicyclic) bond motifs is 3. The van der Waals surface area contributed by atoms with E-state index in [0.717, 1.165) is 4.90 Å². The summed E-state index contributed by atoms with van der Waals surface area (Å²) in [6.45, 7) is 1.89. The molecule has 2 saturated heterocycles. The molecule has 190 valence electrons. The summed E-state index contributed by atoms with van der Waals surface area (Å²) in [5, 5.41) is 0. The molecule has 6 rings (SSSR count). The molecule has 9 heteroatoms. The summed E-state index contributed by atoms with van der Waals surface area (Å²) in [7, 11) is 0. The number of esters is 1. The van der Waals surface area contributed by atoms with Crippen molar-refractivity contribution in [2.45, 2.75) is 18.6 Å². The van der Waals surface area contributed by atoms with Crippen molar-refractivity contribution in [3.05, 3.63) is 99.5 Å². The quantitative estimate of drug-likeness (QED) is 0.260. The van der Waals surface area contributed by atoms with Crippen molar-refractivity contribution in [1.82, 2.24) is 0 Å². The summed E-state index contributed by atoms with van der Waals surface area (Å²) >= 11 is 3.48. The Morgan fingerprint density at radius 3 is 2.11 bits per heavy atom. The van der Waals surface area contributed by atoms with E-state index in [0.29, 0.717) is 10.0 Å². The molecular weight excluding hydrogens is 554 g/mol. The van der Waals surface area contributed by atoms with E-state index in [1.54, 1.807) is 43.3 Å². The van der Waals surface area contributed by atoms with Gasteiger partial charge in [-0.3, -0.25) is 19.2 Å². The van der Waals surface area contributed by atoms with E-state index >= 15 is 0 Å². The molecule has 3 atom stereocenters. The number of benzene rings is 3. The maximum atomic E-state index is 14.0. The fourth-order valence-corrected chi connectivity index (χ4v) is 6.23. The van der Waals surface area contributed by atoms with Gasteiger partial charge in [0, 0.05) is 15.6 Å². The summed E-state index contributed by atoms with van der Waals surface area (Å²) in [6, 6.07) is 19.2. The Morgan fingerprint density at radius 2 is 1.50 bits per heavy atom. The number of carbonyl (C=O) groups is 5. The fraction of sp³-hybridized carbons (Fsp3) is 0.207. The zero-order valence-corrected chi connectivity index (χ0v) is 21.6. The topological polar surface area (TPSA) is 107 Å². The van der Waals surface area contributed by atoms with Crippen LogP contribution in [0.15, 0.2) is 77.3 Å². The molecule has 0 N–H and O–H groups in total. The van der Waals surface area contributed by atoms with E-state index in [2.05, 4.69) is 15.9 Å². The first-order valence-corrected chi connectivity index (χ1v) is 12.9. The number of rotatable bonds is 4. The molecule has 0 aromatic heterocycles. The van der Waals surface area contributed by atoms with Crippen molar-refractivity contribution in [1.29, 1.82) is 0 Å². The van der Waals surface area contributed by atoms with Crippen molar-refractivity contribution in [3.8, 4) is 0 Å². The number of nitrogens with zero attached hydrogens (tertiary/aromatic N) is 1. The van der Waals surface area contributed by atoms with Gasteiger partial charge in [-0.1, -0.05) is 58.4 Å². The molecule has 2 heterocycles. The predicted molar refractivity (Wildman–Crippen MR) is 138 cm³/mol. The second-order valence-corrected chi connectivity index (χ2v) is 10.1. The van der Waals surface area contributed by atoms with Crippen LogP contribution in [0.5, 0.6) is 0 Å². The first-order chi connectivity index (χ1) is 18.3. The highest BCUT2D eigenvalue weighted by Gasteiger charge is 2.74. The molecule has 8 nitrogen and oxygen atoms in total. The minimum absolute atomic E-state index is 0.168. The molecule has 0 unspecified atom stereocenters. The second kappa shape index (κ2) is 8.82. The van der Waals surface area contributed by atoms with Crippen LogP contribution in [0, 0.1) is 11.8 Å². The van der Waals surface area contributed by atoms with E-state index in [1.165, 1.54) is 36.4 Å². The molecular formula is C29H20BrNO7. The van der Waals surface area contributed by atoms with Gasteiger partial charge in [0.15, 0.2) is 0 Å². The summed E-state index contributed by atoms with van der Waals surface area (Å²) in [5.74, 6) is -5.54. The Bertz CT molecular complexity index is 1510. The van der Waals surface area contributed by atoms with Crippen LogP contribution in [-0.4, -0.2) is 41.6 Å². The molecule has 1 spiro atoms. The van der Waals surface area contributed by atoms with E-state index < -0.39 is 52.9 Å². The lowest BCUT2D eigenvalue weighted by Gasteiger charge is -2.27. The third-order valence-corrected chi connectivity index (χ3v) is 8.09. The van der Waals surface area contributed by atoms with Gasteiger partial charge >= 0.3 is 5.97 Å². The molecule has 2 fully saturated rings. The largest absolute Gasteiger partial charge is 0.462 e. The zero-order valence-electron chi connectivity index (χ0n) is 20.1. The van der Waals surface area contributed by atoms with Gasteiger partial charge in [-0.05, 0) is 42.8 Å². The molecule has 3 aliphatic rings. The van der Waals surface area contributed by atoms with Gasteiger partial charge in [-0.15, -0.1) is 0 Å². The number of anilines is 1. The van der Waals surface area contributed by atoms with Gasteiger partial charge in [0.1, 0.15) is 0 Å². The normalized spacial score (nSPS) is 23.2. The Balaban J connectivity index is 1.48. The second-order valence-electron chi connectivity index (χ2n) is 9.28. The number of ether oxygens (including phenoxy) is 2. The first kappa shape index (κ1) is 24.4. The Morgan fingerprint density at radius 1 is 0.895 bits per heavy atom. The third kappa shape index (κ3) is 3.21. The van der Waals surface area contributed by atoms with Gasteiger partial charge in [0.05, 0.1) is 35.8 Å². The van der Waals surface area contributed by atoms with Gasteiger partial charge in [0.2, 0.25) is 29.0 Å². The van der Waals surface area contributed by atoms with Gasteiger partial charge < -0.3 is 9.47 Å². The molecule has 0 saturated carbocycles. The summed E-state index contributed by atoms with van der Waals surface area (Å²) < 4.78 is 11.9. The Kier molecular flexibility index (Phi) is 5.66. The fourth-order valence-electron chi connectivity index (χ4n) is 5.72. The van der Waals surface area contributed by atoms with Gasteiger partial charge in [0.25, 0.3) is 0 Å². The molecule has 3 aromatic rings. The van der Waals surface area contributed by atoms with Crippen molar-refractivity contribution >= 4 is 51.0 Å². The number of amides is 2. The summed E-state index contributed by atoms with van der Waals surface area (Å²) in [6.07, 6.45) is -1.03. The number of ketones is 2. The average molecular weight is 574 g/mol. The zero-order chi connectivity index (χ0) is 26.8. The van der Waals surface area contributed by atoms with Crippen molar-refractivity contribution in [3.63, 3.8) is 0 Å². The van der Waals surface area contributed by atoms with Crippen LogP contribution in [0.3, 0.4) is 0 Å². The average Bonchev–Trinajstić information content (AvgIpc) is 3.49. The van der Waals surface area contributed by atoms with Crippen molar-refractivity contribution < 1.29 is 33.4 Å². The minimum atomic E-state index is -2.15. The highest BCUT2D eigenvalue weighted by atomic mass is 79.9. The van der Waals surface area contributed by atoms with E-state index in [1.807, 2.05) is 0 Å². The molecule has 2 aliphatic heterocycles. The lowest BCUT2D eigenvalue weighted by molar-refractivity contribution is -0.127. The van der Waals surface area contributed by atoms with E-state index in [9.17, 15) is 24.0 Å². The number of imide groups is 1. The molecule has 38 heavy (non-hydrogen) atoms. The van der Waals surface area contributed by atoms with Crippen molar-refractivity contribution in [2.24, 2.45) is 11.8 Å². The molecule has 3 aromatic carbocycles. The van der Waals surface area contributed by atoms with Gasteiger partial charge in [-0.2, -0.15) is 0 Å². The molecule has 1 aliphatic carbocycles. The standard InChI is InChI=1S/C29H20BrNO7/c1-2-37-28(36)15-11-13-16(14-12-15)31-26(34)21-22(27(31)35)29(38-23(21)19-9-5-6-10-20(19)30)24(32)17-7-3-4-8-18(17)25(29)33/h3-14,21-23H,2H2,1H3/t21-,22-,23-/m0/s1. The molecule has 0 radical (unpaired) electrons. The molecule has 2 amide bonds. The van der Waals surface area contributed by atoms with Crippen molar-refractivity contribution in [2.75, 3.05) is 11.5 Å².